The lowest BCUT2D eigenvalue weighted by atomic mass is 10.0. The zero-order chi connectivity index (χ0) is 38.6. The molecule has 0 saturated heterocycles. The van der Waals surface area contributed by atoms with E-state index >= 15 is 0 Å². The Labute approximate surface area is 333 Å². The zero-order valence-electron chi connectivity index (χ0n) is 36.5. The number of hydrogen-bond acceptors (Lipinski definition) is 3. The van der Waals surface area contributed by atoms with Gasteiger partial charge in [-0.1, -0.05) is 245 Å². The summed E-state index contributed by atoms with van der Waals surface area (Å²) in [6, 6.07) is -0.0684. The molecule has 1 atom stereocenters. The monoisotopic (exact) mass is 748 g/mol. The number of amides is 1. The second kappa shape index (κ2) is 45.5. The van der Waals surface area contributed by atoms with Gasteiger partial charge in [-0.05, 0) is 25.7 Å². The number of aliphatic hydroxyl groups excluding tert-OH is 1. The summed E-state index contributed by atoms with van der Waals surface area (Å²) in [5, 5.41) is 12.8. The Kier molecular flexibility index (Phi) is 44.7. The van der Waals surface area contributed by atoms with Crippen molar-refractivity contribution in [3.63, 3.8) is 0 Å². The third-order valence-corrected chi connectivity index (χ3v) is 11.7. The molecule has 0 aromatic carbocycles. The van der Waals surface area contributed by atoms with Crippen LogP contribution in [0.5, 0.6) is 0 Å². The lowest BCUT2D eigenvalue weighted by molar-refractivity contribution is -0.122. The second-order valence-electron chi connectivity index (χ2n) is 17.1. The van der Waals surface area contributed by atoms with Gasteiger partial charge in [0.15, 0.2) is 0 Å². The quantitative estimate of drug-likeness (QED) is 0.0609. The molecule has 0 heterocycles. The number of ketones is 1. The molecule has 0 aliphatic rings. The highest BCUT2D eigenvalue weighted by atomic mass is 16.3. The number of carbonyl (C=O) groups excluding carboxylic acids is 2. The van der Waals surface area contributed by atoms with E-state index in [0.29, 0.717) is 12.2 Å². The molecule has 53 heavy (non-hydrogen) atoms. The molecule has 0 aliphatic carbocycles. The van der Waals surface area contributed by atoms with Crippen molar-refractivity contribution in [3.05, 3.63) is 0 Å². The molecular formula is C49H97NO3. The van der Waals surface area contributed by atoms with E-state index in [4.69, 9.17) is 0 Å². The summed E-state index contributed by atoms with van der Waals surface area (Å²) in [6.07, 6.45) is 54.6. The van der Waals surface area contributed by atoms with Gasteiger partial charge in [-0.3, -0.25) is 9.59 Å². The fourth-order valence-corrected chi connectivity index (χ4v) is 7.93. The smallest absolute Gasteiger partial charge is 0.220 e. The average Bonchev–Trinajstić information content (AvgIpc) is 3.16. The molecule has 1 unspecified atom stereocenters. The summed E-state index contributed by atoms with van der Waals surface area (Å²) < 4.78 is 0. The molecule has 0 radical (unpaired) electrons. The third-order valence-electron chi connectivity index (χ3n) is 11.7. The van der Waals surface area contributed by atoms with Crippen LogP contribution in [0.2, 0.25) is 0 Å². The summed E-state index contributed by atoms with van der Waals surface area (Å²) in [7, 11) is 0. The predicted octanol–water partition coefficient (Wildman–Crippen LogP) is 15.8. The van der Waals surface area contributed by atoms with Crippen molar-refractivity contribution < 1.29 is 14.7 Å². The molecular weight excluding hydrogens is 651 g/mol. The number of carbonyl (C=O) groups is 2. The largest absolute Gasteiger partial charge is 0.394 e. The SMILES string of the molecule is CCCCCCCCCCCCCCCCC(CO)NC(=O)CCCCCCCCCCCCCCC(=O)CCCCCCCCCCCCCCC. The number of Topliss-reactive ketones (excluding diaryl/α,β-unsaturated/α-hetero) is 1. The van der Waals surface area contributed by atoms with Gasteiger partial charge in [0.2, 0.25) is 5.91 Å². The van der Waals surface area contributed by atoms with Crippen molar-refractivity contribution >= 4 is 11.7 Å². The standard InChI is InChI=1S/C49H97NO3/c1-3-5-7-9-11-13-15-17-19-22-26-30-34-38-42-47(46-51)50-49(53)45-41-37-33-29-25-21-20-24-28-32-36-40-44-48(52)43-39-35-31-27-23-18-16-14-12-10-8-6-4-2/h47,51H,3-46H2,1-2H3,(H,50,53). The minimum absolute atomic E-state index is 0.0590. The van der Waals surface area contributed by atoms with Gasteiger partial charge in [0.05, 0.1) is 12.6 Å². The highest BCUT2D eigenvalue weighted by molar-refractivity contribution is 5.78. The zero-order valence-corrected chi connectivity index (χ0v) is 36.5. The lowest BCUT2D eigenvalue weighted by Crippen LogP contribution is -2.37. The Balaban J connectivity index is 3.37. The van der Waals surface area contributed by atoms with E-state index in [1.54, 1.807) is 0 Å². The van der Waals surface area contributed by atoms with E-state index in [1.165, 1.54) is 218 Å². The van der Waals surface area contributed by atoms with Crippen LogP contribution in [0, 0.1) is 0 Å². The first-order chi connectivity index (χ1) is 26.1. The molecule has 2 N–H and O–H groups in total. The van der Waals surface area contributed by atoms with Crippen LogP contribution in [0.25, 0.3) is 0 Å². The van der Waals surface area contributed by atoms with E-state index < -0.39 is 0 Å². The fourth-order valence-electron chi connectivity index (χ4n) is 7.93. The Hall–Kier alpha value is -0.900. The van der Waals surface area contributed by atoms with E-state index in [9.17, 15) is 14.7 Å². The number of nitrogens with one attached hydrogen (secondary N) is 1. The Morgan fingerprint density at radius 2 is 0.604 bits per heavy atom. The fraction of sp³-hybridized carbons (Fsp3) is 0.959. The van der Waals surface area contributed by atoms with E-state index in [0.717, 1.165) is 51.4 Å². The Morgan fingerprint density at radius 1 is 0.358 bits per heavy atom. The highest BCUT2D eigenvalue weighted by Gasteiger charge is 2.11. The summed E-state index contributed by atoms with van der Waals surface area (Å²) in [4.78, 5) is 24.6. The second-order valence-corrected chi connectivity index (χ2v) is 17.1. The topological polar surface area (TPSA) is 66.4 Å². The summed E-state index contributed by atoms with van der Waals surface area (Å²) in [5.74, 6) is 0.618. The van der Waals surface area contributed by atoms with E-state index in [2.05, 4.69) is 19.2 Å². The van der Waals surface area contributed by atoms with Crippen LogP contribution in [-0.4, -0.2) is 29.4 Å². The van der Waals surface area contributed by atoms with E-state index in [-0.39, 0.29) is 18.6 Å². The maximum atomic E-state index is 12.4. The maximum Gasteiger partial charge on any atom is 0.220 e. The van der Waals surface area contributed by atoms with Gasteiger partial charge in [0.1, 0.15) is 5.78 Å². The molecule has 0 aromatic heterocycles. The number of rotatable bonds is 46. The van der Waals surface area contributed by atoms with Crippen LogP contribution in [0.15, 0.2) is 0 Å². The van der Waals surface area contributed by atoms with Crippen molar-refractivity contribution in [2.45, 2.75) is 296 Å². The van der Waals surface area contributed by atoms with Gasteiger partial charge in [-0.2, -0.15) is 0 Å². The molecule has 0 spiro atoms. The molecule has 0 fully saturated rings. The molecule has 0 bridgehead atoms. The predicted molar refractivity (Wildman–Crippen MR) is 234 cm³/mol. The van der Waals surface area contributed by atoms with Gasteiger partial charge < -0.3 is 10.4 Å². The first-order valence-electron chi connectivity index (χ1n) is 24.6. The van der Waals surface area contributed by atoms with Crippen molar-refractivity contribution in [3.8, 4) is 0 Å². The first kappa shape index (κ1) is 52.1. The first-order valence-corrected chi connectivity index (χ1v) is 24.6. The third kappa shape index (κ3) is 43.7. The van der Waals surface area contributed by atoms with Crippen molar-refractivity contribution in [2.24, 2.45) is 0 Å². The van der Waals surface area contributed by atoms with Gasteiger partial charge in [0.25, 0.3) is 0 Å². The highest BCUT2D eigenvalue weighted by Crippen LogP contribution is 2.17. The molecule has 316 valence electrons. The average molecular weight is 748 g/mol. The van der Waals surface area contributed by atoms with Crippen LogP contribution in [0.4, 0.5) is 0 Å². The van der Waals surface area contributed by atoms with Crippen LogP contribution in [0.1, 0.15) is 290 Å². The number of unbranched alkanes of at least 4 members (excludes halogenated alkanes) is 36. The van der Waals surface area contributed by atoms with Crippen molar-refractivity contribution in [1.29, 1.82) is 0 Å². The summed E-state index contributed by atoms with van der Waals surface area (Å²) in [6.45, 7) is 4.63. The molecule has 1 amide bonds. The molecule has 4 nitrogen and oxygen atoms in total. The van der Waals surface area contributed by atoms with Crippen LogP contribution < -0.4 is 5.32 Å². The minimum atomic E-state index is -0.0684. The van der Waals surface area contributed by atoms with Crippen molar-refractivity contribution in [1.82, 2.24) is 5.32 Å². The van der Waals surface area contributed by atoms with E-state index in [1.807, 2.05) is 0 Å². The minimum Gasteiger partial charge on any atom is -0.394 e. The van der Waals surface area contributed by atoms with Gasteiger partial charge in [-0.15, -0.1) is 0 Å². The number of hydrogen-bond donors (Lipinski definition) is 2. The number of aliphatic hydroxyl groups is 1. The van der Waals surface area contributed by atoms with Gasteiger partial charge >= 0.3 is 0 Å². The summed E-state index contributed by atoms with van der Waals surface area (Å²) in [5.41, 5.74) is 0. The molecule has 0 aliphatic heterocycles. The molecule has 4 heteroatoms. The van der Waals surface area contributed by atoms with Crippen LogP contribution in [-0.2, 0) is 9.59 Å². The lowest BCUT2D eigenvalue weighted by Gasteiger charge is -2.16. The molecule has 0 saturated carbocycles. The van der Waals surface area contributed by atoms with Crippen LogP contribution in [0.3, 0.4) is 0 Å². The Bertz CT molecular complexity index is 725. The van der Waals surface area contributed by atoms with Crippen LogP contribution >= 0.6 is 0 Å². The maximum absolute atomic E-state index is 12.4. The molecule has 0 rings (SSSR count). The summed E-state index contributed by atoms with van der Waals surface area (Å²) >= 11 is 0. The van der Waals surface area contributed by atoms with Crippen molar-refractivity contribution in [2.75, 3.05) is 6.61 Å². The van der Waals surface area contributed by atoms with Gasteiger partial charge in [-0.25, -0.2) is 0 Å². The van der Waals surface area contributed by atoms with Gasteiger partial charge in [0, 0.05) is 19.3 Å². The Morgan fingerprint density at radius 3 is 0.887 bits per heavy atom. The molecule has 0 aromatic rings. The normalized spacial score (nSPS) is 12.1.